The predicted octanol–water partition coefficient (Wildman–Crippen LogP) is 2.70. The first-order chi connectivity index (χ1) is 14.7. The van der Waals surface area contributed by atoms with Crippen LogP contribution in [0.1, 0.15) is 49.2 Å². The molecule has 2 heterocycles. The van der Waals surface area contributed by atoms with Gasteiger partial charge in [0.1, 0.15) is 0 Å². The summed E-state index contributed by atoms with van der Waals surface area (Å²) in [6, 6.07) is 6.51. The van der Waals surface area contributed by atoms with E-state index in [1.807, 2.05) is 12.1 Å². The quantitative estimate of drug-likeness (QED) is 0.618. The fourth-order valence-corrected chi connectivity index (χ4v) is 4.72. The van der Waals surface area contributed by atoms with E-state index in [-0.39, 0.29) is 6.04 Å². The maximum atomic E-state index is 5.59. The molecule has 2 aromatic rings. The smallest absolute Gasteiger partial charge is 0.173 e. The van der Waals surface area contributed by atoms with E-state index in [1.54, 1.807) is 14.2 Å². The second-order valence-corrected chi connectivity index (χ2v) is 8.06. The van der Waals surface area contributed by atoms with Crippen molar-refractivity contribution in [2.24, 2.45) is 0 Å². The first-order valence-corrected chi connectivity index (χ1v) is 10.8. The third kappa shape index (κ3) is 4.20. The van der Waals surface area contributed by atoms with Gasteiger partial charge in [0, 0.05) is 32.7 Å². The van der Waals surface area contributed by atoms with E-state index in [2.05, 4.69) is 48.7 Å². The van der Waals surface area contributed by atoms with E-state index in [4.69, 9.17) is 9.47 Å². The van der Waals surface area contributed by atoms with Crippen LogP contribution in [-0.2, 0) is 0 Å². The van der Waals surface area contributed by atoms with Gasteiger partial charge in [-0.1, -0.05) is 25.0 Å². The van der Waals surface area contributed by atoms with Crippen LogP contribution >= 0.6 is 0 Å². The van der Waals surface area contributed by atoms with Crippen molar-refractivity contribution in [1.82, 2.24) is 30.0 Å². The summed E-state index contributed by atoms with van der Waals surface area (Å²) in [5.74, 6) is 2.38. The molecule has 1 atom stereocenters. The molecule has 4 rings (SSSR count). The summed E-state index contributed by atoms with van der Waals surface area (Å²) in [5.41, 5.74) is 1.12. The fourth-order valence-electron chi connectivity index (χ4n) is 4.72. The van der Waals surface area contributed by atoms with Crippen molar-refractivity contribution in [1.29, 1.82) is 0 Å². The molecule has 162 valence electrons. The van der Waals surface area contributed by atoms with Crippen molar-refractivity contribution >= 4 is 0 Å². The van der Waals surface area contributed by atoms with Gasteiger partial charge in [-0.15, -0.1) is 11.7 Å². The lowest BCUT2D eigenvalue weighted by molar-refractivity contribution is 0.111. The predicted molar refractivity (Wildman–Crippen MR) is 115 cm³/mol. The van der Waals surface area contributed by atoms with Crippen LogP contribution in [0.4, 0.5) is 0 Å². The number of tetrazole rings is 1. The van der Waals surface area contributed by atoms with Gasteiger partial charge in [-0.05, 0) is 41.0 Å². The minimum Gasteiger partial charge on any atom is -0.493 e. The molecule has 1 unspecified atom stereocenters. The molecule has 1 saturated heterocycles. The molecule has 0 bridgehead atoms. The fraction of sp³-hybridized carbons (Fsp3) is 0.591. The Morgan fingerprint density at radius 1 is 1.10 bits per heavy atom. The lowest BCUT2D eigenvalue weighted by Gasteiger charge is -2.39. The molecular formula is C22H32N6O2. The summed E-state index contributed by atoms with van der Waals surface area (Å²) in [6.07, 6.45) is 6.74. The Morgan fingerprint density at radius 2 is 1.83 bits per heavy atom. The molecule has 1 aromatic heterocycles. The standard InChI is InChI=1S/C22H32N6O2/c1-4-11-26-12-14-27(15-13-26)21(17-9-10-19(29-2)20(16-17)30-3)22-23-24-25-28(22)18-7-5-6-8-18/h4,9-10,16,18,21H,1,5-8,11-15H2,2-3H3. The highest BCUT2D eigenvalue weighted by molar-refractivity contribution is 5.45. The monoisotopic (exact) mass is 412 g/mol. The van der Waals surface area contributed by atoms with Crippen molar-refractivity contribution in [3.63, 3.8) is 0 Å². The second kappa shape index (κ2) is 9.57. The SMILES string of the molecule is C=CCN1CCN(C(c2ccc(OC)c(OC)c2)c2nnnn2C2CCCC2)CC1. The minimum atomic E-state index is -0.0220. The van der Waals surface area contributed by atoms with Gasteiger partial charge < -0.3 is 9.47 Å². The third-order valence-corrected chi connectivity index (χ3v) is 6.32. The molecule has 0 N–H and O–H groups in total. The van der Waals surface area contributed by atoms with Crippen LogP contribution in [0.5, 0.6) is 11.5 Å². The van der Waals surface area contributed by atoms with Gasteiger partial charge in [-0.25, -0.2) is 4.68 Å². The highest BCUT2D eigenvalue weighted by atomic mass is 16.5. The number of rotatable bonds is 8. The van der Waals surface area contributed by atoms with Crippen LogP contribution in [0.15, 0.2) is 30.9 Å². The van der Waals surface area contributed by atoms with E-state index >= 15 is 0 Å². The second-order valence-electron chi connectivity index (χ2n) is 8.06. The zero-order chi connectivity index (χ0) is 20.9. The van der Waals surface area contributed by atoms with Gasteiger partial charge in [0.15, 0.2) is 17.3 Å². The molecule has 8 heteroatoms. The number of hydrogen-bond donors (Lipinski definition) is 0. The van der Waals surface area contributed by atoms with Crippen LogP contribution in [-0.4, -0.2) is 77.0 Å². The summed E-state index contributed by atoms with van der Waals surface area (Å²) in [7, 11) is 3.34. The Hall–Kier alpha value is -2.45. The van der Waals surface area contributed by atoms with Crippen LogP contribution in [0.25, 0.3) is 0 Å². The summed E-state index contributed by atoms with van der Waals surface area (Å²) in [5, 5.41) is 13.0. The summed E-state index contributed by atoms with van der Waals surface area (Å²) in [6.45, 7) is 8.70. The molecule has 1 aliphatic heterocycles. The van der Waals surface area contributed by atoms with Gasteiger partial charge in [0.25, 0.3) is 0 Å². The van der Waals surface area contributed by atoms with Crippen LogP contribution in [0.2, 0.25) is 0 Å². The Bertz CT molecular complexity index is 840. The molecule has 1 aliphatic carbocycles. The summed E-state index contributed by atoms with van der Waals surface area (Å²) < 4.78 is 13.1. The van der Waals surface area contributed by atoms with E-state index < -0.39 is 0 Å². The zero-order valence-electron chi connectivity index (χ0n) is 18.0. The van der Waals surface area contributed by atoms with Crippen molar-refractivity contribution in [3.8, 4) is 11.5 Å². The van der Waals surface area contributed by atoms with E-state index in [0.29, 0.717) is 6.04 Å². The third-order valence-electron chi connectivity index (χ3n) is 6.32. The lowest BCUT2D eigenvalue weighted by Crippen LogP contribution is -2.48. The van der Waals surface area contributed by atoms with Crippen molar-refractivity contribution in [2.45, 2.75) is 37.8 Å². The van der Waals surface area contributed by atoms with E-state index in [9.17, 15) is 0 Å². The van der Waals surface area contributed by atoms with Gasteiger partial charge in [0.2, 0.25) is 0 Å². The molecule has 8 nitrogen and oxygen atoms in total. The average molecular weight is 413 g/mol. The normalized spacial score (nSPS) is 19.7. The summed E-state index contributed by atoms with van der Waals surface area (Å²) in [4.78, 5) is 4.91. The van der Waals surface area contributed by atoms with Gasteiger partial charge >= 0.3 is 0 Å². The highest BCUT2D eigenvalue weighted by Crippen LogP contribution is 2.37. The lowest BCUT2D eigenvalue weighted by atomic mass is 10.0. The molecule has 0 radical (unpaired) electrons. The number of piperazine rings is 1. The van der Waals surface area contributed by atoms with Gasteiger partial charge in [-0.3, -0.25) is 9.80 Å². The van der Waals surface area contributed by atoms with Gasteiger partial charge in [0.05, 0.1) is 26.3 Å². The Kier molecular flexibility index (Phi) is 6.64. The van der Waals surface area contributed by atoms with Crippen molar-refractivity contribution in [2.75, 3.05) is 46.9 Å². The number of aromatic nitrogens is 4. The minimum absolute atomic E-state index is 0.0220. The topological polar surface area (TPSA) is 68.5 Å². The molecule has 2 aliphatic rings. The maximum Gasteiger partial charge on any atom is 0.173 e. The molecule has 1 aromatic carbocycles. The van der Waals surface area contributed by atoms with Crippen LogP contribution in [0.3, 0.4) is 0 Å². The Morgan fingerprint density at radius 3 is 2.50 bits per heavy atom. The van der Waals surface area contributed by atoms with Crippen LogP contribution in [0, 0.1) is 0 Å². The molecule has 0 amide bonds. The first kappa shape index (κ1) is 20.8. The molecule has 1 saturated carbocycles. The Labute approximate surface area is 178 Å². The van der Waals surface area contributed by atoms with Crippen molar-refractivity contribution < 1.29 is 9.47 Å². The summed E-state index contributed by atoms with van der Waals surface area (Å²) >= 11 is 0. The Balaban J connectivity index is 1.69. The van der Waals surface area contributed by atoms with Crippen molar-refractivity contribution in [3.05, 3.63) is 42.2 Å². The molecule has 30 heavy (non-hydrogen) atoms. The van der Waals surface area contributed by atoms with E-state index in [0.717, 1.165) is 68.5 Å². The number of nitrogens with zero attached hydrogens (tertiary/aromatic N) is 6. The molecule has 2 fully saturated rings. The number of benzene rings is 1. The van der Waals surface area contributed by atoms with Gasteiger partial charge in [-0.2, -0.15) is 0 Å². The van der Waals surface area contributed by atoms with Crippen LogP contribution < -0.4 is 9.47 Å². The molecule has 0 spiro atoms. The highest BCUT2D eigenvalue weighted by Gasteiger charge is 2.33. The number of hydrogen-bond acceptors (Lipinski definition) is 7. The zero-order valence-corrected chi connectivity index (χ0v) is 18.0. The maximum absolute atomic E-state index is 5.59. The number of methoxy groups -OCH3 is 2. The number of ether oxygens (including phenoxy) is 2. The first-order valence-electron chi connectivity index (χ1n) is 10.8. The van der Waals surface area contributed by atoms with E-state index in [1.165, 1.54) is 12.8 Å². The average Bonchev–Trinajstić information content (AvgIpc) is 3.47. The molecular weight excluding hydrogens is 380 g/mol. The largest absolute Gasteiger partial charge is 0.493 e.